The number of sulfonamides is 1. The van der Waals surface area contributed by atoms with Gasteiger partial charge in [-0.25, -0.2) is 8.42 Å². The van der Waals surface area contributed by atoms with Crippen molar-refractivity contribution in [1.82, 2.24) is 9.62 Å². The summed E-state index contributed by atoms with van der Waals surface area (Å²) in [5, 5.41) is 3.42. The fourth-order valence-corrected chi connectivity index (χ4v) is 3.89. The Morgan fingerprint density at radius 2 is 1.90 bits per heavy atom. The van der Waals surface area contributed by atoms with Gasteiger partial charge in [0.05, 0.1) is 5.75 Å². The minimum atomic E-state index is -3.15. The Morgan fingerprint density at radius 3 is 2.52 bits per heavy atom. The number of hydrogen-bond donors (Lipinski definition) is 1. The van der Waals surface area contributed by atoms with Crippen LogP contribution in [0.5, 0.6) is 0 Å². The standard InChI is InChI=1S/C16H26N2O2S/c1-2-18(14-15-8-4-3-5-9-15)21(19,20)13-7-6-12-17-16-10-11-16/h3-5,8-9,16-17H,2,6-7,10-14H2,1H3. The lowest BCUT2D eigenvalue weighted by Gasteiger charge is -2.20. The molecule has 0 bridgehead atoms. The normalized spacial score (nSPS) is 15.5. The minimum Gasteiger partial charge on any atom is -0.314 e. The van der Waals surface area contributed by atoms with E-state index in [0.29, 0.717) is 19.1 Å². The molecule has 1 aliphatic carbocycles. The fraction of sp³-hybridized carbons (Fsp3) is 0.625. The molecule has 0 radical (unpaired) electrons. The highest BCUT2D eigenvalue weighted by molar-refractivity contribution is 7.89. The van der Waals surface area contributed by atoms with E-state index in [-0.39, 0.29) is 5.75 Å². The maximum atomic E-state index is 12.4. The lowest BCUT2D eigenvalue weighted by atomic mass is 10.2. The first kappa shape index (κ1) is 16.5. The second-order valence-electron chi connectivity index (χ2n) is 5.66. The average Bonchev–Trinajstić information content (AvgIpc) is 3.29. The molecule has 21 heavy (non-hydrogen) atoms. The summed E-state index contributed by atoms with van der Waals surface area (Å²) in [5.74, 6) is 0.250. The van der Waals surface area contributed by atoms with Crippen molar-refractivity contribution >= 4 is 10.0 Å². The number of hydrogen-bond acceptors (Lipinski definition) is 3. The Balaban J connectivity index is 1.77. The third kappa shape index (κ3) is 5.77. The van der Waals surface area contributed by atoms with Gasteiger partial charge in [0.1, 0.15) is 0 Å². The SMILES string of the molecule is CCN(Cc1ccccc1)S(=O)(=O)CCCCNC1CC1. The Morgan fingerprint density at radius 1 is 1.19 bits per heavy atom. The zero-order valence-electron chi connectivity index (χ0n) is 12.8. The van der Waals surface area contributed by atoms with E-state index in [1.807, 2.05) is 37.3 Å². The first-order valence-electron chi connectivity index (χ1n) is 7.87. The van der Waals surface area contributed by atoms with Crippen molar-refractivity contribution in [3.8, 4) is 0 Å². The molecule has 0 saturated heterocycles. The maximum Gasteiger partial charge on any atom is 0.214 e. The van der Waals surface area contributed by atoms with Gasteiger partial charge >= 0.3 is 0 Å². The van der Waals surface area contributed by atoms with Crippen LogP contribution in [0.3, 0.4) is 0 Å². The summed E-state index contributed by atoms with van der Waals surface area (Å²) >= 11 is 0. The second kappa shape index (κ2) is 7.92. The molecule has 1 saturated carbocycles. The molecule has 4 nitrogen and oxygen atoms in total. The molecular formula is C16H26N2O2S. The summed E-state index contributed by atoms with van der Waals surface area (Å²) in [6.07, 6.45) is 4.21. The van der Waals surface area contributed by atoms with E-state index in [1.165, 1.54) is 12.8 Å². The van der Waals surface area contributed by atoms with Crippen molar-refractivity contribution < 1.29 is 8.42 Å². The van der Waals surface area contributed by atoms with Crippen LogP contribution in [0.1, 0.15) is 38.2 Å². The van der Waals surface area contributed by atoms with Crippen molar-refractivity contribution in [3.63, 3.8) is 0 Å². The first-order chi connectivity index (χ1) is 10.1. The quantitative estimate of drug-likeness (QED) is 0.675. The molecule has 1 fully saturated rings. The molecule has 1 aliphatic rings. The molecule has 118 valence electrons. The molecule has 0 aromatic heterocycles. The summed E-state index contributed by atoms with van der Waals surface area (Å²) < 4.78 is 26.3. The van der Waals surface area contributed by atoms with Crippen LogP contribution >= 0.6 is 0 Å². The number of nitrogens with zero attached hydrogens (tertiary/aromatic N) is 1. The van der Waals surface area contributed by atoms with E-state index in [4.69, 9.17) is 0 Å². The molecule has 0 amide bonds. The topological polar surface area (TPSA) is 49.4 Å². The van der Waals surface area contributed by atoms with Gasteiger partial charge in [0.15, 0.2) is 0 Å². The summed E-state index contributed by atoms with van der Waals surface area (Å²) in [6.45, 7) is 3.83. The van der Waals surface area contributed by atoms with Crippen LogP contribution in [-0.4, -0.2) is 37.6 Å². The highest BCUT2D eigenvalue weighted by atomic mass is 32.2. The van der Waals surface area contributed by atoms with Crippen LogP contribution in [0.2, 0.25) is 0 Å². The van der Waals surface area contributed by atoms with Crippen LogP contribution in [-0.2, 0) is 16.6 Å². The van der Waals surface area contributed by atoms with E-state index in [2.05, 4.69) is 5.32 Å². The number of rotatable bonds is 10. The van der Waals surface area contributed by atoms with Gasteiger partial charge in [-0.3, -0.25) is 0 Å². The summed E-state index contributed by atoms with van der Waals surface area (Å²) in [5.41, 5.74) is 1.04. The lowest BCUT2D eigenvalue weighted by Crippen LogP contribution is -2.32. The largest absolute Gasteiger partial charge is 0.314 e. The van der Waals surface area contributed by atoms with E-state index in [1.54, 1.807) is 4.31 Å². The zero-order valence-corrected chi connectivity index (χ0v) is 13.6. The highest BCUT2D eigenvalue weighted by Crippen LogP contribution is 2.18. The number of benzene rings is 1. The van der Waals surface area contributed by atoms with Crippen LogP contribution in [0, 0.1) is 0 Å². The van der Waals surface area contributed by atoms with Crippen LogP contribution in [0.25, 0.3) is 0 Å². The summed E-state index contributed by atoms with van der Waals surface area (Å²) in [4.78, 5) is 0. The molecule has 1 aromatic carbocycles. The van der Waals surface area contributed by atoms with Crippen molar-refractivity contribution in [2.45, 2.75) is 45.2 Å². The lowest BCUT2D eigenvalue weighted by molar-refractivity contribution is 0.422. The highest BCUT2D eigenvalue weighted by Gasteiger charge is 2.21. The van der Waals surface area contributed by atoms with Crippen molar-refractivity contribution in [2.24, 2.45) is 0 Å². The van der Waals surface area contributed by atoms with E-state index in [9.17, 15) is 8.42 Å². The monoisotopic (exact) mass is 310 g/mol. The predicted octanol–water partition coefficient (Wildman–Crippen LogP) is 2.37. The van der Waals surface area contributed by atoms with Gasteiger partial charge < -0.3 is 5.32 Å². The van der Waals surface area contributed by atoms with Gasteiger partial charge in [0, 0.05) is 19.1 Å². The summed E-state index contributed by atoms with van der Waals surface area (Å²) in [7, 11) is -3.15. The molecule has 0 heterocycles. The Bertz CT molecular complexity index is 512. The Kier molecular flexibility index (Phi) is 6.21. The number of nitrogens with one attached hydrogen (secondary N) is 1. The van der Waals surface area contributed by atoms with E-state index < -0.39 is 10.0 Å². The van der Waals surface area contributed by atoms with Crippen LogP contribution in [0.4, 0.5) is 0 Å². The number of unbranched alkanes of at least 4 members (excludes halogenated alkanes) is 1. The molecule has 1 N–H and O–H groups in total. The Hall–Kier alpha value is -0.910. The van der Waals surface area contributed by atoms with E-state index in [0.717, 1.165) is 24.9 Å². The van der Waals surface area contributed by atoms with Gasteiger partial charge in [-0.2, -0.15) is 4.31 Å². The average molecular weight is 310 g/mol. The van der Waals surface area contributed by atoms with Gasteiger partial charge in [-0.1, -0.05) is 37.3 Å². The van der Waals surface area contributed by atoms with Gasteiger partial charge in [0.25, 0.3) is 0 Å². The molecule has 0 atom stereocenters. The van der Waals surface area contributed by atoms with Crippen LogP contribution in [0.15, 0.2) is 30.3 Å². The van der Waals surface area contributed by atoms with Gasteiger partial charge in [-0.15, -0.1) is 0 Å². The first-order valence-corrected chi connectivity index (χ1v) is 9.48. The Labute approximate surface area is 128 Å². The fourth-order valence-electron chi connectivity index (χ4n) is 2.33. The second-order valence-corrected chi connectivity index (χ2v) is 7.75. The smallest absolute Gasteiger partial charge is 0.214 e. The molecule has 5 heteroatoms. The molecule has 1 aromatic rings. The zero-order chi connectivity index (χ0) is 15.1. The van der Waals surface area contributed by atoms with Gasteiger partial charge in [-0.05, 0) is 37.8 Å². The van der Waals surface area contributed by atoms with Crippen molar-refractivity contribution in [2.75, 3.05) is 18.8 Å². The van der Waals surface area contributed by atoms with Crippen molar-refractivity contribution in [1.29, 1.82) is 0 Å². The third-order valence-corrected chi connectivity index (χ3v) is 5.77. The van der Waals surface area contributed by atoms with E-state index >= 15 is 0 Å². The molecule has 0 spiro atoms. The summed E-state index contributed by atoms with van der Waals surface area (Å²) in [6, 6.07) is 10.5. The van der Waals surface area contributed by atoms with Gasteiger partial charge in [0.2, 0.25) is 10.0 Å². The molecule has 2 rings (SSSR count). The minimum absolute atomic E-state index is 0.250. The van der Waals surface area contributed by atoms with Crippen LogP contribution < -0.4 is 5.32 Å². The molecular weight excluding hydrogens is 284 g/mol. The predicted molar refractivity (Wildman–Crippen MR) is 86.6 cm³/mol. The maximum absolute atomic E-state index is 12.4. The van der Waals surface area contributed by atoms with Crippen molar-refractivity contribution in [3.05, 3.63) is 35.9 Å². The third-order valence-electron chi connectivity index (χ3n) is 3.79. The molecule has 0 aliphatic heterocycles. The molecule has 0 unspecified atom stereocenters.